The molecule has 2 aromatic heterocycles. The molecule has 1 unspecified atom stereocenters. The zero-order valence-corrected chi connectivity index (χ0v) is 16.4. The summed E-state index contributed by atoms with van der Waals surface area (Å²) >= 11 is 0. The Kier molecular flexibility index (Phi) is 6.34. The summed E-state index contributed by atoms with van der Waals surface area (Å²) < 4.78 is 0. The highest BCUT2D eigenvalue weighted by Gasteiger charge is 2.22. The summed E-state index contributed by atoms with van der Waals surface area (Å²) in [5.41, 5.74) is 1.14. The van der Waals surface area contributed by atoms with Crippen LogP contribution in [0.5, 0.6) is 0 Å². The van der Waals surface area contributed by atoms with Gasteiger partial charge in [-0.2, -0.15) is 0 Å². The van der Waals surface area contributed by atoms with E-state index in [1.807, 2.05) is 12.3 Å². The first-order chi connectivity index (χ1) is 13.8. The lowest BCUT2D eigenvalue weighted by Crippen LogP contribution is -2.39. The van der Waals surface area contributed by atoms with Crippen LogP contribution in [-0.2, 0) is 6.54 Å². The molecule has 2 saturated heterocycles. The Hall–Kier alpha value is -2.25. The molecule has 2 aromatic rings. The molecule has 4 heterocycles. The third-order valence-electron chi connectivity index (χ3n) is 5.81. The number of nitrogens with one attached hydrogen (secondary N) is 1. The molecule has 0 saturated carbocycles. The molecule has 0 aromatic carbocycles. The van der Waals surface area contributed by atoms with Gasteiger partial charge in [0.2, 0.25) is 0 Å². The van der Waals surface area contributed by atoms with Crippen LogP contribution in [0.15, 0.2) is 36.8 Å². The van der Waals surface area contributed by atoms with Crippen molar-refractivity contribution in [2.45, 2.75) is 38.3 Å². The number of pyridine rings is 1. The van der Waals surface area contributed by atoms with Crippen molar-refractivity contribution in [1.82, 2.24) is 19.9 Å². The van der Waals surface area contributed by atoms with Crippen molar-refractivity contribution < 1.29 is 5.11 Å². The van der Waals surface area contributed by atoms with Crippen molar-refractivity contribution in [3.63, 3.8) is 0 Å². The average molecular weight is 383 g/mol. The number of hydrogen-bond donors (Lipinski definition) is 2. The molecule has 0 spiro atoms. The first kappa shape index (κ1) is 19.1. The molecule has 7 nitrogen and oxygen atoms in total. The van der Waals surface area contributed by atoms with Crippen LogP contribution in [0.3, 0.4) is 0 Å². The standard InChI is InChI=1S/C21H30N6O/c28-15-17-4-3-9-27(13-17)21-12-20(23-16-24-21)25-18-6-10-26(11-7-18)14-19-5-1-2-8-22-19/h1-2,5,8,12,16-18,28H,3-4,6-7,9-11,13-15H2,(H,23,24,25). The van der Waals surface area contributed by atoms with E-state index >= 15 is 0 Å². The van der Waals surface area contributed by atoms with Crippen LogP contribution in [0, 0.1) is 5.92 Å². The topological polar surface area (TPSA) is 77.4 Å². The highest BCUT2D eigenvalue weighted by Crippen LogP contribution is 2.23. The van der Waals surface area contributed by atoms with Crippen LogP contribution in [0.1, 0.15) is 31.4 Å². The molecule has 0 bridgehead atoms. The van der Waals surface area contributed by atoms with Crippen LogP contribution in [0.2, 0.25) is 0 Å². The molecular weight excluding hydrogens is 352 g/mol. The predicted octanol–water partition coefficient (Wildman–Crippen LogP) is 2.16. The Morgan fingerprint density at radius 1 is 1.07 bits per heavy atom. The highest BCUT2D eigenvalue weighted by molar-refractivity contribution is 5.49. The van der Waals surface area contributed by atoms with E-state index in [1.165, 1.54) is 0 Å². The number of piperidine rings is 2. The van der Waals surface area contributed by atoms with Gasteiger partial charge in [-0.05, 0) is 43.7 Å². The normalized spacial score (nSPS) is 21.6. The predicted molar refractivity (Wildman–Crippen MR) is 110 cm³/mol. The molecule has 2 fully saturated rings. The van der Waals surface area contributed by atoms with E-state index in [9.17, 15) is 5.11 Å². The summed E-state index contributed by atoms with van der Waals surface area (Å²) in [6.07, 6.45) is 7.91. The van der Waals surface area contributed by atoms with Crippen molar-refractivity contribution in [3.05, 3.63) is 42.5 Å². The number of aliphatic hydroxyl groups is 1. The number of nitrogens with zero attached hydrogens (tertiary/aromatic N) is 5. The van der Waals surface area contributed by atoms with Gasteiger partial charge in [-0.25, -0.2) is 9.97 Å². The quantitative estimate of drug-likeness (QED) is 0.793. The van der Waals surface area contributed by atoms with Gasteiger partial charge in [0.1, 0.15) is 18.0 Å². The number of likely N-dealkylation sites (tertiary alicyclic amines) is 1. The van der Waals surface area contributed by atoms with Crippen molar-refractivity contribution in [2.75, 3.05) is 43.0 Å². The minimum absolute atomic E-state index is 0.254. The maximum absolute atomic E-state index is 9.46. The van der Waals surface area contributed by atoms with E-state index in [0.717, 1.165) is 75.7 Å². The first-order valence-corrected chi connectivity index (χ1v) is 10.4. The number of anilines is 2. The van der Waals surface area contributed by atoms with Crippen LogP contribution in [0.25, 0.3) is 0 Å². The van der Waals surface area contributed by atoms with Gasteiger partial charge in [0.15, 0.2) is 0 Å². The third-order valence-corrected chi connectivity index (χ3v) is 5.81. The number of aromatic nitrogens is 3. The molecule has 2 N–H and O–H groups in total. The average Bonchev–Trinajstić information content (AvgIpc) is 2.76. The zero-order valence-electron chi connectivity index (χ0n) is 16.4. The van der Waals surface area contributed by atoms with Crippen molar-refractivity contribution in [2.24, 2.45) is 5.92 Å². The Balaban J connectivity index is 1.29. The monoisotopic (exact) mass is 382 g/mol. The molecule has 150 valence electrons. The Bertz CT molecular complexity index is 735. The van der Waals surface area contributed by atoms with E-state index in [2.05, 4.69) is 48.3 Å². The largest absolute Gasteiger partial charge is 0.396 e. The fourth-order valence-electron chi connectivity index (χ4n) is 4.19. The lowest BCUT2D eigenvalue weighted by Gasteiger charge is -2.34. The van der Waals surface area contributed by atoms with Crippen molar-refractivity contribution in [3.8, 4) is 0 Å². The van der Waals surface area contributed by atoms with E-state index in [1.54, 1.807) is 6.33 Å². The van der Waals surface area contributed by atoms with Crippen LogP contribution in [0.4, 0.5) is 11.6 Å². The summed E-state index contributed by atoms with van der Waals surface area (Å²) in [4.78, 5) is 18.1. The summed E-state index contributed by atoms with van der Waals surface area (Å²) in [5, 5.41) is 13.1. The maximum atomic E-state index is 9.46. The van der Waals surface area contributed by atoms with Crippen LogP contribution in [-0.4, -0.2) is 63.8 Å². The molecule has 2 aliphatic heterocycles. The summed E-state index contributed by atoms with van der Waals surface area (Å²) in [7, 11) is 0. The lowest BCUT2D eigenvalue weighted by atomic mass is 9.99. The van der Waals surface area contributed by atoms with E-state index in [0.29, 0.717) is 12.0 Å². The molecule has 0 amide bonds. The van der Waals surface area contributed by atoms with E-state index in [4.69, 9.17) is 0 Å². The first-order valence-electron chi connectivity index (χ1n) is 10.4. The van der Waals surface area contributed by atoms with Crippen LogP contribution < -0.4 is 10.2 Å². The zero-order chi connectivity index (χ0) is 19.2. The third kappa shape index (κ3) is 4.97. The fraction of sp³-hybridized carbons (Fsp3) is 0.571. The van der Waals surface area contributed by atoms with Gasteiger partial charge in [-0.3, -0.25) is 9.88 Å². The van der Waals surface area contributed by atoms with Gasteiger partial charge < -0.3 is 15.3 Å². The van der Waals surface area contributed by atoms with Gasteiger partial charge in [0.25, 0.3) is 0 Å². The maximum Gasteiger partial charge on any atom is 0.134 e. The van der Waals surface area contributed by atoms with E-state index < -0.39 is 0 Å². The lowest BCUT2D eigenvalue weighted by molar-refractivity contribution is 0.208. The molecule has 28 heavy (non-hydrogen) atoms. The molecule has 7 heteroatoms. The number of rotatable bonds is 6. The smallest absolute Gasteiger partial charge is 0.134 e. The molecule has 0 radical (unpaired) electrons. The Morgan fingerprint density at radius 2 is 1.96 bits per heavy atom. The summed E-state index contributed by atoms with van der Waals surface area (Å²) in [6, 6.07) is 8.60. The Labute approximate surface area is 166 Å². The summed E-state index contributed by atoms with van der Waals surface area (Å²) in [5.74, 6) is 2.21. The molecule has 0 aliphatic carbocycles. The minimum atomic E-state index is 0.254. The molecule has 4 rings (SSSR count). The van der Waals surface area contributed by atoms with Gasteiger partial charge >= 0.3 is 0 Å². The van der Waals surface area contributed by atoms with Crippen molar-refractivity contribution in [1.29, 1.82) is 0 Å². The Morgan fingerprint density at radius 3 is 2.75 bits per heavy atom. The van der Waals surface area contributed by atoms with E-state index in [-0.39, 0.29) is 6.61 Å². The van der Waals surface area contributed by atoms with Gasteiger partial charge in [-0.1, -0.05) is 6.07 Å². The van der Waals surface area contributed by atoms with Gasteiger partial charge in [0, 0.05) is 57.6 Å². The summed E-state index contributed by atoms with van der Waals surface area (Å²) in [6.45, 7) is 5.18. The second kappa shape index (κ2) is 9.30. The molecular formula is C21H30N6O. The van der Waals surface area contributed by atoms with Gasteiger partial charge in [-0.15, -0.1) is 0 Å². The van der Waals surface area contributed by atoms with Crippen molar-refractivity contribution >= 4 is 11.6 Å². The number of hydrogen-bond acceptors (Lipinski definition) is 7. The molecule has 2 aliphatic rings. The fourth-order valence-corrected chi connectivity index (χ4v) is 4.19. The molecule has 1 atom stereocenters. The second-order valence-electron chi connectivity index (χ2n) is 7.91. The van der Waals surface area contributed by atoms with Crippen LogP contribution >= 0.6 is 0 Å². The highest BCUT2D eigenvalue weighted by atomic mass is 16.3. The van der Waals surface area contributed by atoms with Gasteiger partial charge in [0.05, 0.1) is 5.69 Å². The minimum Gasteiger partial charge on any atom is -0.396 e. The number of aliphatic hydroxyl groups excluding tert-OH is 1. The SMILES string of the molecule is OCC1CCCN(c2cc(NC3CCN(Cc4ccccn4)CC3)ncn2)C1. The second-order valence-corrected chi connectivity index (χ2v) is 7.91.